The zero-order chi connectivity index (χ0) is 11.7. The molecule has 1 atom stereocenters. The molecule has 0 radical (unpaired) electrons. The number of hydrogen-bond acceptors (Lipinski definition) is 3. The molecule has 1 aromatic rings. The summed E-state index contributed by atoms with van der Waals surface area (Å²) >= 11 is 1.89. The Morgan fingerprint density at radius 3 is 3.00 bits per heavy atom. The molecule has 6 heteroatoms. The molecule has 1 aromatic carbocycles. The predicted octanol–water partition coefficient (Wildman–Crippen LogP) is 1.71. The van der Waals surface area contributed by atoms with E-state index in [1.807, 2.05) is 22.6 Å². The van der Waals surface area contributed by atoms with Crippen LogP contribution < -0.4 is 10.6 Å². The lowest BCUT2D eigenvalue weighted by atomic mass is 10.2. The number of ether oxygens (including phenoxy) is 1. The first kappa shape index (κ1) is 11.6. The van der Waals surface area contributed by atoms with Gasteiger partial charge in [-0.05, 0) is 40.8 Å². The van der Waals surface area contributed by atoms with E-state index < -0.39 is 6.09 Å². The lowest BCUT2D eigenvalue weighted by molar-refractivity contribution is 0.179. The number of cyclic esters (lactones) is 1. The summed E-state index contributed by atoms with van der Waals surface area (Å²) in [5, 5.41) is 0. The van der Waals surface area contributed by atoms with E-state index in [0.717, 1.165) is 0 Å². The van der Waals surface area contributed by atoms with Crippen LogP contribution >= 0.6 is 22.6 Å². The predicted molar refractivity (Wildman–Crippen MR) is 65.8 cm³/mol. The van der Waals surface area contributed by atoms with Crippen LogP contribution in [0.25, 0.3) is 0 Å². The Morgan fingerprint density at radius 2 is 2.38 bits per heavy atom. The van der Waals surface area contributed by atoms with Gasteiger partial charge in [-0.15, -0.1) is 0 Å². The molecule has 1 amide bonds. The van der Waals surface area contributed by atoms with Crippen LogP contribution in [-0.2, 0) is 4.74 Å². The fraction of sp³-hybridized carbons (Fsp3) is 0.300. The number of nitrogens with zero attached hydrogens (tertiary/aromatic N) is 1. The minimum absolute atomic E-state index is 0.216. The average Bonchev–Trinajstić information content (AvgIpc) is 2.64. The van der Waals surface area contributed by atoms with Crippen molar-refractivity contribution in [3.63, 3.8) is 0 Å². The Kier molecular flexibility index (Phi) is 3.29. The SMILES string of the molecule is NCC1COC(=O)N1c1ccc(I)c(F)c1. The lowest BCUT2D eigenvalue weighted by Gasteiger charge is -2.20. The maximum absolute atomic E-state index is 13.4. The molecule has 1 unspecified atom stereocenters. The summed E-state index contributed by atoms with van der Waals surface area (Å²) in [5.74, 6) is -0.353. The minimum atomic E-state index is -0.476. The molecule has 86 valence electrons. The van der Waals surface area contributed by atoms with E-state index in [-0.39, 0.29) is 18.5 Å². The standard InChI is InChI=1S/C10H10FIN2O2/c11-8-3-6(1-2-9(8)12)14-7(4-13)5-16-10(14)15/h1-3,7H,4-5,13H2. The van der Waals surface area contributed by atoms with E-state index in [1.54, 1.807) is 12.1 Å². The minimum Gasteiger partial charge on any atom is -0.447 e. The third kappa shape index (κ3) is 1.99. The van der Waals surface area contributed by atoms with Gasteiger partial charge in [0, 0.05) is 10.1 Å². The van der Waals surface area contributed by atoms with Crippen molar-refractivity contribution in [1.82, 2.24) is 0 Å². The van der Waals surface area contributed by atoms with Crippen LogP contribution in [0.15, 0.2) is 18.2 Å². The summed E-state index contributed by atoms with van der Waals surface area (Å²) in [6.45, 7) is 0.544. The van der Waals surface area contributed by atoms with Gasteiger partial charge in [-0.25, -0.2) is 9.18 Å². The van der Waals surface area contributed by atoms with Crippen molar-refractivity contribution in [3.8, 4) is 0 Å². The first-order valence-corrected chi connectivity index (χ1v) is 5.82. The van der Waals surface area contributed by atoms with Crippen molar-refractivity contribution in [2.45, 2.75) is 6.04 Å². The van der Waals surface area contributed by atoms with Crippen LogP contribution in [0, 0.1) is 9.39 Å². The summed E-state index contributed by atoms with van der Waals surface area (Å²) in [7, 11) is 0. The molecule has 1 aliphatic rings. The number of carbonyl (C=O) groups is 1. The highest BCUT2D eigenvalue weighted by atomic mass is 127. The highest BCUT2D eigenvalue weighted by molar-refractivity contribution is 14.1. The lowest BCUT2D eigenvalue weighted by Crippen LogP contribution is -2.38. The average molecular weight is 336 g/mol. The zero-order valence-corrected chi connectivity index (χ0v) is 10.5. The van der Waals surface area contributed by atoms with Gasteiger partial charge in [-0.1, -0.05) is 0 Å². The second-order valence-corrected chi connectivity index (χ2v) is 4.60. The number of anilines is 1. The number of benzene rings is 1. The Labute approximate surface area is 106 Å². The molecule has 0 saturated carbocycles. The molecule has 0 bridgehead atoms. The Morgan fingerprint density at radius 1 is 1.62 bits per heavy atom. The van der Waals surface area contributed by atoms with Crippen molar-refractivity contribution < 1.29 is 13.9 Å². The van der Waals surface area contributed by atoms with Crippen molar-refractivity contribution in [2.75, 3.05) is 18.1 Å². The number of carbonyl (C=O) groups excluding carboxylic acids is 1. The fourth-order valence-corrected chi connectivity index (χ4v) is 1.92. The Bertz CT molecular complexity index is 427. The zero-order valence-electron chi connectivity index (χ0n) is 8.32. The number of amides is 1. The monoisotopic (exact) mass is 336 g/mol. The molecule has 2 rings (SSSR count). The summed E-state index contributed by atoms with van der Waals surface area (Å²) < 4.78 is 18.8. The number of nitrogens with two attached hydrogens (primary N) is 1. The van der Waals surface area contributed by atoms with Crippen LogP contribution in [0.1, 0.15) is 0 Å². The first-order chi connectivity index (χ1) is 7.63. The van der Waals surface area contributed by atoms with Gasteiger partial charge in [0.25, 0.3) is 0 Å². The van der Waals surface area contributed by atoms with Crippen molar-refractivity contribution >= 4 is 34.4 Å². The van der Waals surface area contributed by atoms with Gasteiger partial charge >= 0.3 is 6.09 Å². The molecule has 1 saturated heterocycles. The summed E-state index contributed by atoms with van der Waals surface area (Å²) in [5.41, 5.74) is 6.00. The molecule has 0 aromatic heterocycles. The molecular weight excluding hydrogens is 326 g/mol. The quantitative estimate of drug-likeness (QED) is 0.837. The van der Waals surface area contributed by atoms with Gasteiger partial charge in [0.05, 0.1) is 11.7 Å². The number of hydrogen-bond donors (Lipinski definition) is 1. The molecule has 4 nitrogen and oxygen atoms in total. The second kappa shape index (κ2) is 4.54. The molecular formula is C10H10FIN2O2. The third-order valence-corrected chi connectivity index (χ3v) is 3.29. The van der Waals surface area contributed by atoms with Crippen LogP contribution in [0.5, 0.6) is 0 Å². The van der Waals surface area contributed by atoms with E-state index in [9.17, 15) is 9.18 Å². The highest BCUT2D eigenvalue weighted by Crippen LogP contribution is 2.25. The first-order valence-electron chi connectivity index (χ1n) is 4.74. The van der Waals surface area contributed by atoms with Gasteiger partial charge < -0.3 is 10.5 Å². The molecule has 1 heterocycles. The van der Waals surface area contributed by atoms with E-state index in [4.69, 9.17) is 10.5 Å². The summed E-state index contributed by atoms with van der Waals surface area (Å²) in [4.78, 5) is 12.9. The van der Waals surface area contributed by atoms with E-state index in [2.05, 4.69) is 0 Å². The van der Waals surface area contributed by atoms with E-state index in [1.165, 1.54) is 11.0 Å². The summed E-state index contributed by atoms with van der Waals surface area (Å²) in [6.07, 6.45) is -0.476. The molecule has 0 aliphatic carbocycles. The topological polar surface area (TPSA) is 55.6 Å². The Balaban J connectivity index is 2.35. The fourth-order valence-electron chi connectivity index (χ4n) is 1.59. The van der Waals surface area contributed by atoms with Gasteiger partial charge in [0.2, 0.25) is 0 Å². The van der Waals surface area contributed by atoms with Crippen molar-refractivity contribution in [1.29, 1.82) is 0 Å². The summed E-state index contributed by atoms with van der Waals surface area (Å²) in [6, 6.07) is 4.40. The molecule has 2 N–H and O–H groups in total. The van der Waals surface area contributed by atoms with Crippen LogP contribution in [-0.4, -0.2) is 25.3 Å². The molecule has 1 fully saturated rings. The van der Waals surface area contributed by atoms with E-state index in [0.29, 0.717) is 15.8 Å². The molecule has 1 aliphatic heterocycles. The molecule has 16 heavy (non-hydrogen) atoms. The second-order valence-electron chi connectivity index (χ2n) is 3.43. The number of rotatable bonds is 2. The highest BCUT2D eigenvalue weighted by Gasteiger charge is 2.33. The van der Waals surface area contributed by atoms with Crippen LogP contribution in [0.4, 0.5) is 14.9 Å². The van der Waals surface area contributed by atoms with Gasteiger partial charge in [0.15, 0.2) is 0 Å². The van der Waals surface area contributed by atoms with Crippen LogP contribution in [0.2, 0.25) is 0 Å². The Hall–Kier alpha value is -0.890. The van der Waals surface area contributed by atoms with Crippen molar-refractivity contribution in [2.24, 2.45) is 5.73 Å². The third-order valence-electron chi connectivity index (χ3n) is 2.41. The maximum Gasteiger partial charge on any atom is 0.414 e. The van der Waals surface area contributed by atoms with Gasteiger partial charge in [0.1, 0.15) is 12.4 Å². The normalized spacial score (nSPS) is 20.1. The largest absolute Gasteiger partial charge is 0.447 e. The smallest absolute Gasteiger partial charge is 0.414 e. The maximum atomic E-state index is 13.4. The molecule has 0 spiro atoms. The number of halogens is 2. The van der Waals surface area contributed by atoms with Crippen molar-refractivity contribution in [3.05, 3.63) is 27.6 Å². The van der Waals surface area contributed by atoms with Gasteiger partial charge in [-0.3, -0.25) is 4.90 Å². The van der Waals surface area contributed by atoms with Crippen LogP contribution in [0.3, 0.4) is 0 Å². The van der Waals surface area contributed by atoms with Gasteiger partial charge in [-0.2, -0.15) is 0 Å². The van der Waals surface area contributed by atoms with E-state index >= 15 is 0 Å².